The highest BCUT2D eigenvalue weighted by Crippen LogP contribution is 2.20. The number of aromatic nitrogens is 4. The molecule has 8 heteroatoms. The minimum Gasteiger partial charge on any atom is -0.444 e. The smallest absolute Gasteiger partial charge is 0.292 e. The standard InChI is InChI=1S/C16H12BrN5O2/c1-9-8-14(20-15(23)12-6-7-13(17)24-12)22(21-9)16-18-10-4-2-3-5-11(10)19-16/h2-8H,1H3,(H,18,19)(H,20,23). The Kier molecular flexibility index (Phi) is 3.46. The zero-order valence-corrected chi connectivity index (χ0v) is 14.2. The van der Waals surface area contributed by atoms with Crippen molar-refractivity contribution < 1.29 is 9.21 Å². The molecule has 3 heterocycles. The summed E-state index contributed by atoms with van der Waals surface area (Å²) >= 11 is 3.18. The minimum absolute atomic E-state index is 0.205. The van der Waals surface area contributed by atoms with Gasteiger partial charge in [-0.2, -0.15) is 9.78 Å². The van der Waals surface area contributed by atoms with E-state index in [1.165, 1.54) is 0 Å². The molecular weight excluding hydrogens is 374 g/mol. The molecule has 0 atom stereocenters. The molecule has 0 saturated carbocycles. The van der Waals surface area contributed by atoms with Crippen molar-refractivity contribution in [2.24, 2.45) is 0 Å². The van der Waals surface area contributed by atoms with E-state index in [1.54, 1.807) is 22.9 Å². The van der Waals surface area contributed by atoms with Crippen molar-refractivity contribution in [2.75, 3.05) is 5.32 Å². The number of imidazole rings is 1. The number of amides is 1. The molecule has 0 spiro atoms. The Morgan fingerprint density at radius 2 is 2.12 bits per heavy atom. The molecule has 3 aromatic heterocycles. The molecule has 0 unspecified atom stereocenters. The van der Waals surface area contributed by atoms with Gasteiger partial charge in [0.15, 0.2) is 10.4 Å². The van der Waals surface area contributed by atoms with Gasteiger partial charge < -0.3 is 14.7 Å². The van der Waals surface area contributed by atoms with Crippen molar-refractivity contribution in [1.82, 2.24) is 19.7 Å². The third kappa shape index (κ3) is 2.61. The Hall–Kier alpha value is -2.87. The first kappa shape index (κ1) is 14.7. The number of carbonyl (C=O) groups excluding carboxylic acids is 1. The Bertz CT molecular complexity index is 1010. The normalized spacial score (nSPS) is 11.1. The summed E-state index contributed by atoms with van der Waals surface area (Å²) in [7, 11) is 0. The van der Waals surface area contributed by atoms with Gasteiger partial charge >= 0.3 is 0 Å². The summed E-state index contributed by atoms with van der Waals surface area (Å²) < 4.78 is 7.33. The van der Waals surface area contributed by atoms with Crippen molar-refractivity contribution in [3.8, 4) is 5.95 Å². The first-order valence-electron chi connectivity index (χ1n) is 7.18. The number of furan rings is 1. The van der Waals surface area contributed by atoms with Gasteiger partial charge in [-0.3, -0.25) is 4.79 Å². The average Bonchev–Trinajstić information content (AvgIpc) is 3.25. The second-order valence-electron chi connectivity index (χ2n) is 5.22. The molecule has 1 aromatic carbocycles. The van der Waals surface area contributed by atoms with Gasteiger partial charge in [-0.15, -0.1) is 0 Å². The van der Waals surface area contributed by atoms with Gasteiger partial charge in [0.2, 0.25) is 5.95 Å². The second-order valence-corrected chi connectivity index (χ2v) is 6.00. The van der Waals surface area contributed by atoms with Crippen LogP contribution in [0.25, 0.3) is 17.0 Å². The van der Waals surface area contributed by atoms with E-state index in [0.717, 1.165) is 16.7 Å². The maximum absolute atomic E-state index is 12.3. The largest absolute Gasteiger partial charge is 0.444 e. The number of hydrogen-bond donors (Lipinski definition) is 2. The van der Waals surface area contributed by atoms with Crippen LogP contribution in [0.1, 0.15) is 16.2 Å². The highest BCUT2D eigenvalue weighted by Gasteiger charge is 2.16. The Balaban J connectivity index is 1.71. The molecule has 0 radical (unpaired) electrons. The van der Waals surface area contributed by atoms with Crippen LogP contribution in [-0.4, -0.2) is 25.7 Å². The number of fused-ring (bicyclic) bond motifs is 1. The number of H-pyrrole nitrogens is 1. The van der Waals surface area contributed by atoms with Gasteiger partial charge in [-0.05, 0) is 47.1 Å². The van der Waals surface area contributed by atoms with E-state index in [0.29, 0.717) is 16.4 Å². The number of aryl methyl sites for hydroxylation is 1. The van der Waals surface area contributed by atoms with E-state index < -0.39 is 0 Å². The Labute approximate surface area is 144 Å². The summed E-state index contributed by atoms with van der Waals surface area (Å²) in [5.41, 5.74) is 2.48. The first-order chi connectivity index (χ1) is 11.6. The first-order valence-corrected chi connectivity index (χ1v) is 7.98. The summed E-state index contributed by atoms with van der Waals surface area (Å²) in [4.78, 5) is 20.0. The molecular formula is C16H12BrN5O2. The van der Waals surface area contributed by atoms with Gasteiger partial charge in [-0.25, -0.2) is 4.98 Å². The van der Waals surface area contributed by atoms with Gasteiger partial charge in [0.1, 0.15) is 5.82 Å². The highest BCUT2D eigenvalue weighted by atomic mass is 79.9. The lowest BCUT2D eigenvalue weighted by Gasteiger charge is -2.04. The van der Waals surface area contributed by atoms with Crippen LogP contribution < -0.4 is 5.32 Å². The topological polar surface area (TPSA) is 88.7 Å². The number of nitrogens with zero attached hydrogens (tertiary/aromatic N) is 3. The van der Waals surface area contributed by atoms with Gasteiger partial charge in [0, 0.05) is 6.07 Å². The lowest BCUT2D eigenvalue weighted by Crippen LogP contribution is -2.15. The number of aromatic amines is 1. The van der Waals surface area contributed by atoms with Crippen molar-refractivity contribution in [2.45, 2.75) is 6.92 Å². The summed E-state index contributed by atoms with van der Waals surface area (Å²) in [5, 5.41) is 7.19. The van der Waals surface area contributed by atoms with Gasteiger partial charge in [0.25, 0.3) is 5.91 Å². The fourth-order valence-corrected chi connectivity index (χ4v) is 2.71. The van der Waals surface area contributed by atoms with Crippen molar-refractivity contribution in [3.05, 3.63) is 58.6 Å². The van der Waals surface area contributed by atoms with Crippen molar-refractivity contribution in [3.63, 3.8) is 0 Å². The maximum Gasteiger partial charge on any atom is 0.292 e. The van der Waals surface area contributed by atoms with Crippen LogP contribution in [0.2, 0.25) is 0 Å². The summed E-state index contributed by atoms with van der Waals surface area (Å²) in [6, 6.07) is 12.7. The Morgan fingerprint density at radius 1 is 1.29 bits per heavy atom. The molecule has 120 valence electrons. The van der Waals surface area contributed by atoms with Crippen LogP contribution in [0.3, 0.4) is 0 Å². The number of benzene rings is 1. The number of anilines is 1. The lowest BCUT2D eigenvalue weighted by atomic mass is 10.3. The van der Waals surface area contributed by atoms with Crippen LogP contribution in [0, 0.1) is 6.92 Å². The van der Waals surface area contributed by atoms with Crippen LogP contribution in [0.4, 0.5) is 5.82 Å². The van der Waals surface area contributed by atoms with Crippen molar-refractivity contribution in [1.29, 1.82) is 0 Å². The van der Waals surface area contributed by atoms with E-state index in [2.05, 4.69) is 36.3 Å². The molecule has 4 aromatic rings. The number of nitrogens with one attached hydrogen (secondary N) is 2. The molecule has 4 rings (SSSR count). The predicted molar refractivity (Wildman–Crippen MR) is 92.3 cm³/mol. The van der Waals surface area contributed by atoms with Crippen LogP contribution in [0.5, 0.6) is 0 Å². The van der Waals surface area contributed by atoms with Crippen LogP contribution >= 0.6 is 15.9 Å². The van der Waals surface area contributed by atoms with Crippen LogP contribution in [-0.2, 0) is 0 Å². The van der Waals surface area contributed by atoms with E-state index in [-0.39, 0.29) is 11.7 Å². The SMILES string of the molecule is Cc1cc(NC(=O)c2ccc(Br)o2)n(-c2nc3ccccc3[nH]2)n1. The second kappa shape index (κ2) is 5.64. The third-order valence-electron chi connectivity index (χ3n) is 3.45. The summed E-state index contributed by atoms with van der Waals surface area (Å²) in [6.45, 7) is 1.85. The molecule has 1 amide bonds. The van der Waals surface area contributed by atoms with Gasteiger partial charge in [-0.1, -0.05) is 12.1 Å². The average molecular weight is 386 g/mol. The molecule has 7 nitrogen and oxygen atoms in total. The highest BCUT2D eigenvalue weighted by molar-refractivity contribution is 9.10. The van der Waals surface area contributed by atoms with Crippen LogP contribution in [0.15, 0.2) is 51.6 Å². The van der Waals surface area contributed by atoms with E-state index in [9.17, 15) is 4.79 Å². The van der Waals surface area contributed by atoms with Crippen molar-refractivity contribution >= 4 is 38.7 Å². The molecule has 24 heavy (non-hydrogen) atoms. The number of para-hydroxylation sites is 2. The summed E-state index contributed by atoms with van der Waals surface area (Å²) in [5.74, 6) is 0.874. The molecule has 0 aliphatic heterocycles. The Morgan fingerprint density at radius 3 is 2.88 bits per heavy atom. The lowest BCUT2D eigenvalue weighted by molar-refractivity contribution is 0.0994. The molecule has 0 bridgehead atoms. The maximum atomic E-state index is 12.3. The molecule has 0 saturated heterocycles. The summed E-state index contributed by atoms with van der Waals surface area (Å²) in [6.07, 6.45) is 0. The number of carbonyl (C=O) groups is 1. The van der Waals surface area contributed by atoms with E-state index >= 15 is 0 Å². The monoisotopic (exact) mass is 385 g/mol. The molecule has 0 fully saturated rings. The molecule has 2 N–H and O–H groups in total. The number of halogens is 1. The van der Waals surface area contributed by atoms with E-state index in [4.69, 9.17) is 4.42 Å². The minimum atomic E-state index is -0.363. The zero-order chi connectivity index (χ0) is 16.7. The number of rotatable bonds is 3. The predicted octanol–water partition coefficient (Wildman–Crippen LogP) is 3.66. The number of hydrogen-bond acceptors (Lipinski definition) is 4. The fourth-order valence-electron chi connectivity index (χ4n) is 2.40. The quantitative estimate of drug-likeness (QED) is 0.562. The third-order valence-corrected chi connectivity index (χ3v) is 3.87. The van der Waals surface area contributed by atoms with Gasteiger partial charge in [0.05, 0.1) is 16.7 Å². The fraction of sp³-hybridized carbons (Fsp3) is 0.0625. The van der Waals surface area contributed by atoms with E-state index in [1.807, 2.05) is 31.2 Å². The molecule has 0 aliphatic rings. The zero-order valence-electron chi connectivity index (χ0n) is 12.6. The molecule has 0 aliphatic carbocycles.